The van der Waals surface area contributed by atoms with Gasteiger partial charge in [-0.1, -0.05) is 43.0 Å². The summed E-state index contributed by atoms with van der Waals surface area (Å²) in [6.45, 7) is 5.54. The van der Waals surface area contributed by atoms with Crippen LogP contribution in [-0.2, 0) is 25.5 Å². The third-order valence-electron chi connectivity index (χ3n) is 9.16. The van der Waals surface area contributed by atoms with Crippen LogP contribution in [0.4, 0.5) is 0 Å². The molecule has 9 heteroatoms. The summed E-state index contributed by atoms with van der Waals surface area (Å²) < 4.78 is 5.59. The first-order valence-electron chi connectivity index (χ1n) is 14.6. The van der Waals surface area contributed by atoms with Gasteiger partial charge in [0.25, 0.3) is 0 Å². The second kappa shape index (κ2) is 13.5. The van der Waals surface area contributed by atoms with Gasteiger partial charge in [-0.3, -0.25) is 19.3 Å². The number of ether oxygens (including phenoxy) is 1. The number of carbonyl (C=O) groups excluding carboxylic acids is 3. The molecule has 0 unspecified atom stereocenters. The van der Waals surface area contributed by atoms with Crippen molar-refractivity contribution < 1.29 is 19.1 Å². The highest BCUT2D eigenvalue weighted by molar-refractivity contribution is 6.30. The molecule has 1 N–H and O–H groups in total. The molecule has 1 saturated carbocycles. The van der Waals surface area contributed by atoms with Gasteiger partial charge in [0, 0.05) is 44.2 Å². The Bertz CT molecular complexity index is 989. The molecule has 2 heterocycles. The van der Waals surface area contributed by atoms with Gasteiger partial charge in [0.05, 0.1) is 12.0 Å². The standard InChI is InChI=1S/C30H45ClN4O4/c1-4-39-29(38)30(23-8-6-5-7-9-23)14-16-35(17-15-30)28(37)25(20-22-10-12-24(31)13-11-22)32-27(36)26-21-33(2)18-19-34(26)3/h10-13,23,25-26H,4-9,14-21H2,1-3H3,(H,32,36)/t25-,26+/m1/s1. The zero-order valence-corrected chi connectivity index (χ0v) is 24.5. The lowest BCUT2D eigenvalue weighted by Crippen LogP contribution is -2.61. The van der Waals surface area contributed by atoms with Crippen LogP contribution in [-0.4, -0.2) is 98.0 Å². The number of hydrogen-bond acceptors (Lipinski definition) is 6. The zero-order valence-electron chi connectivity index (χ0n) is 23.8. The maximum atomic E-state index is 14.0. The number of carbonyl (C=O) groups is 3. The van der Waals surface area contributed by atoms with Gasteiger partial charge in [0.15, 0.2) is 0 Å². The summed E-state index contributed by atoms with van der Waals surface area (Å²) in [7, 11) is 3.97. The smallest absolute Gasteiger partial charge is 0.312 e. The summed E-state index contributed by atoms with van der Waals surface area (Å²) in [6.07, 6.45) is 7.22. The predicted molar refractivity (Wildman–Crippen MR) is 152 cm³/mol. The molecule has 39 heavy (non-hydrogen) atoms. The second-order valence-corrected chi connectivity index (χ2v) is 12.1. The van der Waals surface area contributed by atoms with Gasteiger partial charge < -0.3 is 19.9 Å². The van der Waals surface area contributed by atoms with Gasteiger partial charge in [0.1, 0.15) is 12.1 Å². The van der Waals surface area contributed by atoms with Gasteiger partial charge in [0.2, 0.25) is 11.8 Å². The monoisotopic (exact) mass is 560 g/mol. The molecule has 3 aliphatic rings. The molecular formula is C30H45ClN4O4. The molecule has 2 amide bonds. The van der Waals surface area contributed by atoms with Crippen molar-refractivity contribution in [3.05, 3.63) is 34.9 Å². The number of amides is 2. The SMILES string of the molecule is CCOC(=O)C1(C2CCCCC2)CCN(C(=O)[C@@H](Cc2ccc(Cl)cc2)NC(=O)[C@@H]2CN(C)CCN2C)CC1. The van der Waals surface area contributed by atoms with E-state index in [4.69, 9.17) is 16.3 Å². The van der Waals surface area contributed by atoms with Gasteiger partial charge in [-0.25, -0.2) is 0 Å². The molecule has 0 aromatic heterocycles. The number of halogens is 1. The highest BCUT2D eigenvalue weighted by atomic mass is 35.5. The fourth-order valence-corrected chi connectivity index (χ4v) is 6.80. The summed E-state index contributed by atoms with van der Waals surface area (Å²) >= 11 is 6.09. The highest BCUT2D eigenvalue weighted by Crippen LogP contribution is 2.47. The van der Waals surface area contributed by atoms with E-state index in [1.54, 1.807) is 0 Å². The van der Waals surface area contributed by atoms with Crippen molar-refractivity contribution in [1.29, 1.82) is 0 Å². The van der Waals surface area contributed by atoms with Gasteiger partial charge >= 0.3 is 5.97 Å². The minimum atomic E-state index is -0.691. The van der Waals surface area contributed by atoms with Gasteiger partial charge in [-0.05, 0) is 70.3 Å². The molecule has 216 valence electrons. The fraction of sp³-hybridized carbons (Fsp3) is 0.700. The van der Waals surface area contributed by atoms with Crippen LogP contribution in [0.25, 0.3) is 0 Å². The number of likely N-dealkylation sites (N-methyl/N-ethyl adjacent to an activating group) is 2. The van der Waals surface area contributed by atoms with E-state index >= 15 is 0 Å². The number of esters is 1. The number of piperazine rings is 1. The molecule has 0 radical (unpaired) electrons. The molecule has 8 nitrogen and oxygen atoms in total. The van der Waals surface area contributed by atoms with Crippen molar-refractivity contribution in [2.45, 2.75) is 70.4 Å². The lowest BCUT2D eigenvalue weighted by Gasteiger charge is -2.46. The Morgan fingerprint density at radius 1 is 1.03 bits per heavy atom. The number of benzene rings is 1. The summed E-state index contributed by atoms with van der Waals surface area (Å²) in [5.74, 6) is -0.00640. The maximum Gasteiger partial charge on any atom is 0.312 e. The van der Waals surface area contributed by atoms with E-state index < -0.39 is 11.5 Å². The first-order valence-corrected chi connectivity index (χ1v) is 15.0. The molecule has 2 aliphatic heterocycles. The van der Waals surface area contributed by atoms with Crippen molar-refractivity contribution >= 4 is 29.4 Å². The Hall–Kier alpha value is -2.16. The van der Waals surface area contributed by atoms with E-state index in [0.717, 1.165) is 44.3 Å². The molecule has 4 rings (SSSR count). The Morgan fingerprint density at radius 2 is 1.69 bits per heavy atom. The molecule has 3 fully saturated rings. The van der Waals surface area contributed by atoms with E-state index in [1.165, 1.54) is 6.42 Å². The normalized spacial score (nSPS) is 23.7. The number of nitrogens with zero attached hydrogens (tertiary/aromatic N) is 3. The summed E-state index contributed by atoms with van der Waals surface area (Å²) in [6, 6.07) is 6.42. The van der Waals surface area contributed by atoms with E-state index in [-0.39, 0.29) is 23.8 Å². The fourth-order valence-electron chi connectivity index (χ4n) is 6.67. The largest absolute Gasteiger partial charge is 0.466 e. The van der Waals surface area contributed by atoms with Crippen molar-refractivity contribution in [2.24, 2.45) is 11.3 Å². The number of nitrogens with one attached hydrogen (secondary N) is 1. The van der Waals surface area contributed by atoms with E-state index in [9.17, 15) is 14.4 Å². The zero-order chi connectivity index (χ0) is 28.0. The quantitative estimate of drug-likeness (QED) is 0.491. The lowest BCUT2D eigenvalue weighted by molar-refractivity contribution is -0.166. The molecule has 1 aromatic carbocycles. The molecule has 0 spiro atoms. The summed E-state index contributed by atoms with van der Waals surface area (Å²) in [4.78, 5) is 46.7. The van der Waals surface area contributed by atoms with Crippen LogP contribution in [0.5, 0.6) is 0 Å². The van der Waals surface area contributed by atoms with Crippen LogP contribution in [0.15, 0.2) is 24.3 Å². The molecule has 0 bridgehead atoms. The minimum Gasteiger partial charge on any atom is -0.466 e. The Labute approximate surface area is 238 Å². The Morgan fingerprint density at radius 3 is 2.33 bits per heavy atom. The van der Waals surface area contributed by atoms with Crippen LogP contribution in [0.3, 0.4) is 0 Å². The second-order valence-electron chi connectivity index (χ2n) is 11.7. The summed E-state index contributed by atoms with van der Waals surface area (Å²) in [5, 5.41) is 3.73. The van der Waals surface area contributed by atoms with Crippen molar-refractivity contribution in [3.63, 3.8) is 0 Å². The predicted octanol–water partition coefficient (Wildman–Crippen LogP) is 3.37. The number of rotatable bonds is 8. The van der Waals surface area contributed by atoms with Crippen LogP contribution in [0.1, 0.15) is 57.4 Å². The molecule has 1 aromatic rings. The Balaban J connectivity index is 1.50. The average Bonchev–Trinajstić information content (AvgIpc) is 2.95. The lowest BCUT2D eigenvalue weighted by atomic mass is 9.63. The maximum absolute atomic E-state index is 14.0. The molecular weight excluding hydrogens is 516 g/mol. The first-order chi connectivity index (χ1) is 18.7. The van der Waals surface area contributed by atoms with Crippen molar-refractivity contribution in [3.8, 4) is 0 Å². The molecule has 1 aliphatic carbocycles. The average molecular weight is 561 g/mol. The number of likely N-dealkylation sites (tertiary alicyclic amines) is 1. The number of piperidine rings is 1. The highest BCUT2D eigenvalue weighted by Gasteiger charge is 2.49. The minimum absolute atomic E-state index is 0.0915. The van der Waals surface area contributed by atoms with Crippen molar-refractivity contribution in [2.75, 3.05) is 53.4 Å². The number of hydrogen-bond donors (Lipinski definition) is 1. The van der Waals surface area contributed by atoms with Crippen LogP contribution < -0.4 is 5.32 Å². The van der Waals surface area contributed by atoms with E-state index in [0.29, 0.717) is 56.4 Å². The summed E-state index contributed by atoms with van der Waals surface area (Å²) in [5.41, 5.74) is 0.421. The first kappa shape index (κ1) is 29.8. The van der Waals surface area contributed by atoms with Crippen LogP contribution in [0.2, 0.25) is 5.02 Å². The Kier molecular flexibility index (Phi) is 10.3. The van der Waals surface area contributed by atoms with Gasteiger partial charge in [-0.2, -0.15) is 0 Å². The van der Waals surface area contributed by atoms with Crippen molar-refractivity contribution in [1.82, 2.24) is 20.0 Å². The van der Waals surface area contributed by atoms with Gasteiger partial charge in [-0.15, -0.1) is 0 Å². The van der Waals surface area contributed by atoms with E-state index in [2.05, 4.69) is 15.1 Å². The van der Waals surface area contributed by atoms with Crippen LogP contribution >= 0.6 is 11.6 Å². The third-order valence-corrected chi connectivity index (χ3v) is 9.41. The third kappa shape index (κ3) is 7.14. The van der Waals surface area contributed by atoms with E-state index in [1.807, 2.05) is 50.2 Å². The molecule has 2 atom stereocenters. The van der Waals surface area contributed by atoms with Crippen LogP contribution in [0, 0.1) is 11.3 Å². The topological polar surface area (TPSA) is 82.2 Å². The molecule has 2 saturated heterocycles.